The van der Waals surface area contributed by atoms with Crippen LogP contribution in [-0.4, -0.2) is 24.9 Å². The van der Waals surface area contributed by atoms with E-state index in [1.54, 1.807) is 59.9 Å². The Labute approximate surface area is 201 Å². The number of anilines is 1. The van der Waals surface area contributed by atoms with Gasteiger partial charge in [0.15, 0.2) is 0 Å². The summed E-state index contributed by atoms with van der Waals surface area (Å²) < 4.78 is 4.77. The molecule has 0 saturated carbocycles. The lowest BCUT2D eigenvalue weighted by Gasteiger charge is -2.19. The molecule has 172 valence electrons. The molecule has 1 aromatic heterocycles. The summed E-state index contributed by atoms with van der Waals surface area (Å²) in [4.78, 5) is 38.3. The van der Waals surface area contributed by atoms with Crippen molar-refractivity contribution in [2.24, 2.45) is 0 Å². The third-order valence-electron chi connectivity index (χ3n) is 4.99. The van der Waals surface area contributed by atoms with Crippen LogP contribution < -0.4 is 10.6 Å². The van der Waals surface area contributed by atoms with E-state index in [1.165, 1.54) is 12.0 Å². The zero-order valence-electron chi connectivity index (χ0n) is 18.2. The predicted molar refractivity (Wildman–Crippen MR) is 131 cm³/mol. The van der Waals surface area contributed by atoms with Crippen molar-refractivity contribution in [2.45, 2.75) is 31.7 Å². The number of aryl methyl sites for hydroxylation is 1. The first kappa shape index (κ1) is 24.5. The van der Waals surface area contributed by atoms with Crippen LogP contribution in [-0.2, 0) is 20.7 Å². The molecule has 6 nitrogen and oxygen atoms in total. The minimum atomic E-state index is -0.585. The van der Waals surface area contributed by atoms with E-state index in [0.29, 0.717) is 22.7 Å². The van der Waals surface area contributed by atoms with Gasteiger partial charge in [0.05, 0.1) is 19.6 Å². The van der Waals surface area contributed by atoms with E-state index in [4.69, 9.17) is 16.3 Å². The summed E-state index contributed by atoms with van der Waals surface area (Å²) in [5.41, 5.74) is 1.64. The van der Waals surface area contributed by atoms with Crippen LogP contribution in [0.25, 0.3) is 0 Å². The number of hydrogen-bond donors (Lipinski definition) is 2. The summed E-state index contributed by atoms with van der Waals surface area (Å²) >= 11 is 7.64. The summed E-state index contributed by atoms with van der Waals surface area (Å²) in [6.45, 7) is 0. The predicted octanol–water partition coefficient (Wildman–Crippen LogP) is 5.40. The van der Waals surface area contributed by atoms with Gasteiger partial charge in [-0.05, 0) is 60.2 Å². The van der Waals surface area contributed by atoms with E-state index >= 15 is 0 Å². The molecule has 3 aromatic rings. The van der Waals surface area contributed by atoms with Crippen molar-refractivity contribution in [1.82, 2.24) is 5.32 Å². The standard InChI is InChI=1S/C25H25ClN2O4S/c1-32-24(30)16-22(17-10-12-19(26)13-11-17)28-25(31)18-5-2-6-20(15-18)27-23(29)9-3-7-21-8-4-14-33-21/h2,4-6,8,10-15,22H,3,7,9,16H2,1H3,(H,27,29)(H,28,31). The Morgan fingerprint density at radius 3 is 2.55 bits per heavy atom. The number of esters is 1. The monoisotopic (exact) mass is 484 g/mol. The molecule has 33 heavy (non-hydrogen) atoms. The maximum absolute atomic E-state index is 12.9. The van der Waals surface area contributed by atoms with Crippen LogP contribution in [0, 0.1) is 0 Å². The highest BCUT2D eigenvalue weighted by Gasteiger charge is 2.20. The number of carbonyl (C=O) groups is 3. The first-order chi connectivity index (χ1) is 15.9. The minimum absolute atomic E-state index is 0.0233. The van der Waals surface area contributed by atoms with Gasteiger partial charge in [-0.25, -0.2) is 0 Å². The number of benzene rings is 2. The van der Waals surface area contributed by atoms with Crippen molar-refractivity contribution in [3.8, 4) is 0 Å². The van der Waals surface area contributed by atoms with Crippen molar-refractivity contribution in [3.63, 3.8) is 0 Å². The molecule has 2 amide bonds. The molecule has 0 bridgehead atoms. The SMILES string of the molecule is COC(=O)CC(NC(=O)c1cccc(NC(=O)CCCc2cccs2)c1)c1ccc(Cl)cc1. The Bertz CT molecular complexity index is 1080. The van der Waals surface area contributed by atoms with Crippen LogP contribution in [0.4, 0.5) is 5.69 Å². The Morgan fingerprint density at radius 1 is 1.06 bits per heavy atom. The number of carbonyl (C=O) groups excluding carboxylic acids is 3. The molecule has 0 radical (unpaired) electrons. The van der Waals surface area contributed by atoms with Crippen LogP contribution in [0.5, 0.6) is 0 Å². The van der Waals surface area contributed by atoms with E-state index in [2.05, 4.69) is 16.7 Å². The van der Waals surface area contributed by atoms with Crippen LogP contribution >= 0.6 is 22.9 Å². The Kier molecular flexibility index (Phi) is 9.04. The van der Waals surface area contributed by atoms with Gasteiger partial charge in [-0.3, -0.25) is 14.4 Å². The zero-order valence-corrected chi connectivity index (χ0v) is 19.7. The van der Waals surface area contributed by atoms with Gasteiger partial charge in [0.2, 0.25) is 5.91 Å². The van der Waals surface area contributed by atoms with E-state index in [1.807, 2.05) is 11.4 Å². The average molecular weight is 485 g/mol. The number of halogens is 1. The van der Waals surface area contributed by atoms with Crippen LogP contribution in [0.2, 0.25) is 5.02 Å². The van der Waals surface area contributed by atoms with Crippen molar-refractivity contribution < 1.29 is 19.1 Å². The number of hydrogen-bond acceptors (Lipinski definition) is 5. The van der Waals surface area contributed by atoms with Gasteiger partial charge in [0, 0.05) is 27.6 Å². The highest BCUT2D eigenvalue weighted by molar-refractivity contribution is 7.09. The lowest BCUT2D eigenvalue weighted by atomic mass is 10.0. The molecule has 2 aromatic carbocycles. The molecule has 0 aliphatic rings. The molecule has 0 aliphatic carbocycles. The second-order valence-electron chi connectivity index (χ2n) is 7.42. The zero-order chi connectivity index (χ0) is 23.6. The molecular weight excluding hydrogens is 460 g/mol. The topological polar surface area (TPSA) is 84.5 Å². The smallest absolute Gasteiger partial charge is 0.307 e. The number of methoxy groups -OCH3 is 1. The molecular formula is C25H25ClN2O4S. The fourth-order valence-corrected chi connectivity index (χ4v) is 4.16. The van der Waals surface area contributed by atoms with Gasteiger partial charge >= 0.3 is 5.97 Å². The van der Waals surface area contributed by atoms with Crippen LogP contribution in [0.3, 0.4) is 0 Å². The van der Waals surface area contributed by atoms with Crippen LogP contribution in [0.1, 0.15) is 46.1 Å². The highest BCUT2D eigenvalue weighted by Crippen LogP contribution is 2.21. The summed E-state index contributed by atoms with van der Waals surface area (Å²) in [5.74, 6) is -0.916. The average Bonchev–Trinajstić information content (AvgIpc) is 3.32. The molecule has 1 unspecified atom stereocenters. The molecule has 8 heteroatoms. The first-order valence-corrected chi connectivity index (χ1v) is 11.8. The molecule has 0 fully saturated rings. The van der Waals surface area contributed by atoms with Crippen molar-refractivity contribution in [2.75, 3.05) is 12.4 Å². The second kappa shape index (κ2) is 12.2. The summed E-state index contributed by atoms with van der Waals surface area (Å²) in [6, 6.07) is 17.1. The Hall–Kier alpha value is -3.16. The summed E-state index contributed by atoms with van der Waals surface area (Å²) in [6.07, 6.45) is 1.99. The molecule has 1 heterocycles. The van der Waals surface area contributed by atoms with Crippen molar-refractivity contribution >= 4 is 46.4 Å². The molecule has 2 N–H and O–H groups in total. The fourth-order valence-electron chi connectivity index (χ4n) is 3.28. The van der Waals surface area contributed by atoms with Gasteiger partial charge in [-0.15, -0.1) is 11.3 Å². The Morgan fingerprint density at radius 2 is 1.85 bits per heavy atom. The quantitative estimate of drug-likeness (QED) is 0.377. The molecule has 0 aliphatic heterocycles. The Balaban J connectivity index is 1.62. The largest absolute Gasteiger partial charge is 0.469 e. The van der Waals surface area contributed by atoms with Gasteiger partial charge in [-0.1, -0.05) is 35.9 Å². The van der Waals surface area contributed by atoms with Crippen molar-refractivity contribution in [3.05, 3.63) is 87.1 Å². The third-order valence-corrected chi connectivity index (χ3v) is 6.18. The van der Waals surface area contributed by atoms with Crippen LogP contribution in [0.15, 0.2) is 66.0 Å². The van der Waals surface area contributed by atoms with Gasteiger partial charge < -0.3 is 15.4 Å². The van der Waals surface area contributed by atoms with E-state index in [9.17, 15) is 14.4 Å². The number of thiophene rings is 1. The lowest BCUT2D eigenvalue weighted by molar-refractivity contribution is -0.141. The number of rotatable bonds is 10. The first-order valence-electron chi connectivity index (χ1n) is 10.5. The number of amides is 2. The van der Waals surface area contributed by atoms with Crippen molar-refractivity contribution in [1.29, 1.82) is 0 Å². The normalized spacial score (nSPS) is 11.5. The number of ether oxygens (including phenoxy) is 1. The fraction of sp³-hybridized carbons (Fsp3) is 0.240. The maximum Gasteiger partial charge on any atom is 0.307 e. The molecule has 0 saturated heterocycles. The molecule has 0 spiro atoms. The second-order valence-corrected chi connectivity index (χ2v) is 8.89. The van der Waals surface area contributed by atoms with Gasteiger partial charge in [0.25, 0.3) is 5.91 Å². The third kappa shape index (κ3) is 7.73. The summed E-state index contributed by atoms with van der Waals surface area (Å²) in [7, 11) is 1.30. The van der Waals surface area contributed by atoms with E-state index in [-0.39, 0.29) is 18.2 Å². The van der Waals surface area contributed by atoms with Gasteiger partial charge in [0.1, 0.15) is 0 Å². The summed E-state index contributed by atoms with van der Waals surface area (Å²) in [5, 5.41) is 8.29. The minimum Gasteiger partial charge on any atom is -0.469 e. The maximum atomic E-state index is 12.9. The highest BCUT2D eigenvalue weighted by atomic mass is 35.5. The molecule has 3 rings (SSSR count). The molecule has 1 atom stereocenters. The van der Waals surface area contributed by atoms with E-state index in [0.717, 1.165) is 18.4 Å². The number of nitrogens with one attached hydrogen (secondary N) is 2. The van der Waals surface area contributed by atoms with Gasteiger partial charge in [-0.2, -0.15) is 0 Å². The lowest BCUT2D eigenvalue weighted by Crippen LogP contribution is -2.30. The van der Waals surface area contributed by atoms with E-state index < -0.39 is 12.0 Å².